The molecule has 0 spiro atoms. The van der Waals surface area contributed by atoms with Crippen molar-refractivity contribution in [3.8, 4) is 0 Å². The first-order valence-electron chi connectivity index (χ1n) is 3.48. The second-order valence-electron chi connectivity index (χ2n) is 2.71. The van der Waals surface area contributed by atoms with E-state index in [1.807, 2.05) is 19.9 Å². The molecule has 10 heavy (non-hydrogen) atoms. The van der Waals surface area contributed by atoms with E-state index in [4.69, 9.17) is 10.2 Å². The van der Waals surface area contributed by atoms with Gasteiger partial charge in [-0.2, -0.15) is 0 Å². The number of hydrogen-bond donors (Lipinski definition) is 1. The number of furan rings is 1. The van der Waals surface area contributed by atoms with Gasteiger partial charge in [-0.25, -0.2) is 0 Å². The van der Waals surface area contributed by atoms with Gasteiger partial charge in [-0.05, 0) is 25.5 Å². The Morgan fingerprint density at radius 1 is 1.70 bits per heavy atom. The van der Waals surface area contributed by atoms with Gasteiger partial charge < -0.3 is 10.2 Å². The van der Waals surface area contributed by atoms with Gasteiger partial charge in [0.1, 0.15) is 5.76 Å². The molecule has 0 aliphatic rings. The topological polar surface area (TPSA) is 39.2 Å². The van der Waals surface area contributed by atoms with Gasteiger partial charge in [-0.15, -0.1) is 0 Å². The van der Waals surface area contributed by atoms with Gasteiger partial charge >= 0.3 is 0 Å². The molecule has 2 nitrogen and oxygen atoms in total. The molecule has 56 valence electrons. The van der Waals surface area contributed by atoms with Gasteiger partial charge in [-0.3, -0.25) is 0 Å². The summed E-state index contributed by atoms with van der Waals surface area (Å²) in [6.45, 7) is 4.00. The molecule has 0 amide bonds. The van der Waals surface area contributed by atoms with Crippen LogP contribution in [-0.4, -0.2) is 6.04 Å². The van der Waals surface area contributed by atoms with E-state index >= 15 is 0 Å². The van der Waals surface area contributed by atoms with Crippen LogP contribution >= 0.6 is 0 Å². The fourth-order valence-corrected chi connectivity index (χ4v) is 0.906. The van der Waals surface area contributed by atoms with Crippen LogP contribution in [0.15, 0.2) is 16.7 Å². The normalized spacial score (nSPS) is 13.5. The summed E-state index contributed by atoms with van der Waals surface area (Å²) in [4.78, 5) is 0. The summed E-state index contributed by atoms with van der Waals surface area (Å²) in [7, 11) is 0. The first-order valence-corrected chi connectivity index (χ1v) is 3.48. The summed E-state index contributed by atoms with van der Waals surface area (Å²) in [6, 6.07) is 2.14. The average Bonchev–Trinajstić information content (AvgIpc) is 2.15. The minimum Gasteiger partial charge on any atom is -0.469 e. The average molecular weight is 139 g/mol. The van der Waals surface area contributed by atoms with Crippen LogP contribution in [0.2, 0.25) is 0 Å². The lowest BCUT2D eigenvalue weighted by Gasteiger charge is -2.01. The number of rotatable bonds is 2. The fraction of sp³-hybridized carbons (Fsp3) is 0.500. The highest BCUT2D eigenvalue weighted by molar-refractivity contribution is 5.15. The first kappa shape index (κ1) is 7.35. The van der Waals surface area contributed by atoms with E-state index < -0.39 is 0 Å². The second-order valence-corrected chi connectivity index (χ2v) is 2.71. The minimum absolute atomic E-state index is 0.185. The Kier molecular flexibility index (Phi) is 2.12. The molecular weight excluding hydrogens is 126 g/mol. The molecule has 0 saturated heterocycles. The molecule has 0 radical (unpaired) electrons. The van der Waals surface area contributed by atoms with Crippen molar-refractivity contribution in [3.05, 3.63) is 23.7 Å². The molecule has 2 heteroatoms. The summed E-state index contributed by atoms with van der Waals surface area (Å²) in [5.41, 5.74) is 6.78. The zero-order valence-corrected chi connectivity index (χ0v) is 6.42. The van der Waals surface area contributed by atoms with Gasteiger partial charge in [0.2, 0.25) is 0 Å². The highest BCUT2D eigenvalue weighted by atomic mass is 16.3. The molecule has 2 N–H and O–H groups in total. The van der Waals surface area contributed by atoms with E-state index in [1.165, 1.54) is 5.56 Å². The van der Waals surface area contributed by atoms with E-state index in [-0.39, 0.29) is 6.04 Å². The van der Waals surface area contributed by atoms with Gasteiger partial charge in [0.15, 0.2) is 0 Å². The molecule has 1 atom stereocenters. The fourth-order valence-electron chi connectivity index (χ4n) is 0.906. The quantitative estimate of drug-likeness (QED) is 0.674. The van der Waals surface area contributed by atoms with Crippen molar-refractivity contribution in [1.82, 2.24) is 0 Å². The number of aryl methyl sites for hydroxylation is 1. The molecule has 1 heterocycles. The van der Waals surface area contributed by atoms with Crippen LogP contribution in [0.5, 0.6) is 0 Å². The lowest BCUT2D eigenvalue weighted by Crippen LogP contribution is -2.17. The third kappa shape index (κ3) is 1.61. The lowest BCUT2D eigenvalue weighted by molar-refractivity contribution is 0.489. The number of hydrogen-bond acceptors (Lipinski definition) is 2. The minimum atomic E-state index is 0.185. The van der Waals surface area contributed by atoms with E-state index in [0.29, 0.717) is 0 Å². The molecule has 0 unspecified atom stereocenters. The van der Waals surface area contributed by atoms with E-state index in [1.54, 1.807) is 6.26 Å². The molecule has 1 aromatic rings. The van der Waals surface area contributed by atoms with E-state index in [2.05, 4.69) is 0 Å². The van der Waals surface area contributed by atoms with Crippen molar-refractivity contribution in [1.29, 1.82) is 0 Å². The molecule has 0 aromatic carbocycles. The van der Waals surface area contributed by atoms with Crippen molar-refractivity contribution in [2.75, 3.05) is 0 Å². The van der Waals surface area contributed by atoms with Crippen LogP contribution in [0.4, 0.5) is 0 Å². The van der Waals surface area contributed by atoms with Crippen LogP contribution in [0.25, 0.3) is 0 Å². The van der Waals surface area contributed by atoms with Crippen molar-refractivity contribution in [3.63, 3.8) is 0 Å². The highest BCUT2D eigenvalue weighted by Crippen LogP contribution is 2.09. The van der Waals surface area contributed by atoms with Crippen molar-refractivity contribution in [2.45, 2.75) is 26.3 Å². The summed E-state index contributed by atoms with van der Waals surface area (Å²) >= 11 is 0. The second kappa shape index (κ2) is 2.88. The van der Waals surface area contributed by atoms with Crippen LogP contribution in [-0.2, 0) is 6.42 Å². The smallest absolute Gasteiger partial charge is 0.108 e. The van der Waals surface area contributed by atoms with Gasteiger partial charge in [0, 0.05) is 12.5 Å². The van der Waals surface area contributed by atoms with Crippen LogP contribution in [0.1, 0.15) is 18.2 Å². The van der Waals surface area contributed by atoms with Gasteiger partial charge in [0.05, 0.1) is 6.26 Å². The molecule has 0 aliphatic carbocycles. The summed E-state index contributed by atoms with van der Waals surface area (Å²) in [6.07, 6.45) is 2.53. The Labute approximate surface area is 61.0 Å². The SMILES string of the molecule is Cc1ccoc1C[C@@H](C)N. The van der Waals surface area contributed by atoms with Crippen LogP contribution in [0, 0.1) is 6.92 Å². The molecule has 1 rings (SSSR count). The Hall–Kier alpha value is -0.760. The third-order valence-electron chi connectivity index (χ3n) is 1.48. The van der Waals surface area contributed by atoms with E-state index in [0.717, 1.165) is 12.2 Å². The molecule has 1 aromatic heterocycles. The predicted octanol–water partition coefficient (Wildman–Crippen LogP) is 1.48. The van der Waals surface area contributed by atoms with Gasteiger partial charge in [-0.1, -0.05) is 0 Å². The van der Waals surface area contributed by atoms with Crippen molar-refractivity contribution < 1.29 is 4.42 Å². The Morgan fingerprint density at radius 2 is 2.40 bits per heavy atom. The standard InChI is InChI=1S/C8H13NO/c1-6-3-4-10-8(6)5-7(2)9/h3-4,7H,5,9H2,1-2H3/t7-/m1/s1. The molecule has 0 aliphatic heterocycles. The lowest BCUT2D eigenvalue weighted by atomic mass is 10.1. The van der Waals surface area contributed by atoms with Crippen LogP contribution < -0.4 is 5.73 Å². The maximum atomic E-state index is 5.59. The summed E-state index contributed by atoms with van der Waals surface area (Å²) in [5.74, 6) is 1.01. The Balaban J connectivity index is 2.65. The van der Waals surface area contributed by atoms with Crippen LogP contribution in [0.3, 0.4) is 0 Å². The zero-order valence-electron chi connectivity index (χ0n) is 6.42. The number of nitrogens with two attached hydrogens (primary N) is 1. The molecule has 0 bridgehead atoms. The first-order chi connectivity index (χ1) is 4.70. The summed E-state index contributed by atoms with van der Waals surface area (Å²) in [5, 5.41) is 0. The maximum Gasteiger partial charge on any atom is 0.108 e. The summed E-state index contributed by atoms with van der Waals surface area (Å²) < 4.78 is 5.20. The molecule has 0 fully saturated rings. The molecular formula is C8H13NO. The van der Waals surface area contributed by atoms with Crippen molar-refractivity contribution >= 4 is 0 Å². The highest BCUT2D eigenvalue weighted by Gasteiger charge is 2.03. The largest absolute Gasteiger partial charge is 0.469 e. The zero-order chi connectivity index (χ0) is 7.56. The van der Waals surface area contributed by atoms with E-state index in [9.17, 15) is 0 Å². The monoisotopic (exact) mass is 139 g/mol. The van der Waals surface area contributed by atoms with Crippen molar-refractivity contribution in [2.24, 2.45) is 5.73 Å². The maximum absolute atomic E-state index is 5.59. The third-order valence-corrected chi connectivity index (χ3v) is 1.48. The Bertz CT molecular complexity index is 203. The molecule has 0 saturated carbocycles. The Morgan fingerprint density at radius 3 is 2.80 bits per heavy atom. The predicted molar refractivity (Wildman–Crippen MR) is 40.8 cm³/mol. The van der Waals surface area contributed by atoms with Gasteiger partial charge in [0.25, 0.3) is 0 Å².